The normalized spacial score (nSPS) is 36.9. The average molecular weight is 272 g/mol. The fraction of sp³-hybridized carbons (Fsp3) is 0.846. The SMILES string of the molecule is CCC1(CC)O[C@@H]2C[C@@](O)(C(=O)OC)CC(=O)[C@@H]2O1. The summed E-state index contributed by atoms with van der Waals surface area (Å²) in [6.07, 6.45) is -0.318. The molecule has 2 aliphatic rings. The van der Waals surface area contributed by atoms with E-state index in [-0.39, 0.29) is 18.6 Å². The Morgan fingerprint density at radius 3 is 2.58 bits per heavy atom. The topological polar surface area (TPSA) is 82.1 Å². The number of aliphatic hydroxyl groups is 1. The molecule has 0 aromatic rings. The number of ether oxygens (including phenoxy) is 3. The molecule has 1 heterocycles. The molecule has 0 bridgehead atoms. The Kier molecular flexibility index (Phi) is 3.68. The summed E-state index contributed by atoms with van der Waals surface area (Å²) in [5.41, 5.74) is -1.80. The Hall–Kier alpha value is -0.980. The number of esters is 1. The maximum atomic E-state index is 12.1. The molecular weight excluding hydrogens is 252 g/mol. The van der Waals surface area contributed by atoms with E-state index in [2.05, 4.69) is 4.74 Å². The molecule has 6 heteroatoms. The van der Waals surface area contributed by atoms with Crippen molar-refractivity contribution in [2.45, 2.75) is 63.1 Å². The average Bonchev–Trinajstić information content (AvgIpc) is 2.77. The molecule has 0 unspecified atom stereocenters. The molecule has 0 aromatic heterocycles. The third-order valence-corrected chi connectivity index (χ3v) is 4.01. The van der Waals surface area contributed by atoms with E-state index in [1.807, 2.05) is 13.8 Å². The number of carbonyl (C=O) groups excluding carboxylic acids is 2. The minimum atomic E-state index is -1.80. The van der Waals surface area contributed by atoms with Gasteiger partial charge in [0.1, 0.15) is 6.10 Å². The maximum Gasteiger partial charge on any atom is 0.338 e. The van der Waals surface area contributed by atoms with Crippen molar-refractivity contribution in [3.05, 3.63) is 0 Å². The number of fused-ring (bicyclic) bond motifs is 1. The third kappa shape index (κ3) is 2.28. The molecule has 1 N–H and O–H groups in total. The van der Waals surface area contributed by atoms with Crippen molar-refractivity contribution in [2.24, 2.45) is 0 Å². The van der Waals surface area contributed by atoms with Gasteiger partial charge in [0.15, 0.2) is 17.2 Å². The second-order valence-corrected chi connectivity index (χ2v) is 5.18. The highest BCUT2D eigenvalue weighted by molar-refractivity contribution is 5.93. The number of rotatable bonds is 3. The number of hydrogen-bond acceptors (Lipinski definition) is 6. The van der Waals surface area contributed by atoms with E-state index in [1.165, 1.54) is 7.11 Å². The fourth-order valence-corrected chi connectivity index (χ4v) is 2.82. The summed E-state index contributed by atoms with van der Waals surface area (Å²) in [5.74, 6) is -1.90. The van der Waals surface area contributed by atoms with E-state index in [1.54, 1.807) is 0 Å². The van der Waals surface area contributed by atoms with Crippen LogP contribution in [0.4, 0.5) is 0 Å². The quantitative estimate of drug-likeness (QED) is 0.756. The van der Waals surface area contributed by atoms with E-state index < -0.39 is 29.6 Å². The Bertz CT molecular complexity index is 389. The largest absolute Gasteiger partial charge is 0.467 e. The lowest BCUT2D eigenvalue weighted by molar-refractivity contribution is -0.182. The number of ketones is 1. The van der Waals surface area contributed by atoms with Crippen LogP contribution >= 0.6 is 0 Å². The molecule has 1 saturated heterocycles. The molecule has 6 nitrogen and oxygen atoms in total. The first-order chi connectivity index (χ1) is 8.89. The molecule has 2 fully saturated rings. The predicted octanol–water partition coefficient (Wildman–Crippen LogP) is 0.554. The van der Waals surface area contributed by atoms with Crippen LogP contribution in [-0.4, -0.2) is 47.6 Å². The lowest BCUT2D eigenvalue weighted by Gasteiger charge is -2.33. The maximum absolute atomic E-state index is 12.1. The lowest BCUT2D eigenvalue weighted by atomic mass is 9.81. The summed E-state index contributed by atoms with van der Waals surface area (Å²) in [6, 6.07) is 0. The Balaban J connectivity index is 2.21. The van der Waals surface area contributed by atoms with Gasteiger partial charge >= 0.3 is 5.97 Å². The van der Waals surface area contributed by atoms with Crippen molar-refractivity contribution < 1.29 is 28.9 Å². The molecular formula is C13H20O6. The molecule has 0 spiro atoms. The summed E-state index contributed by atoms with van der Waals surface area (Å²) in [5, 5.41) is 10.2. The standard InChI is InChI=1S/C13H20O6/c1-4-13(5-2)18-9-7-12(16,11(15)17-3)6-8(14)10(9)19-13/h9-10,16H,4-7H2,1-3H3/t9-,10+,12-/m1/s1. The number of Topliss-reactive ketones (excluding diaryl/α,β-unsaturated/α-hetero) is 1. The van der Waals surface area contributed by atoms with Crippen molar-refractivity contribution in [2.75, 3.05) is 7.11 Å². The van der Waals surface area contributed by atoms with Gasteiger partial charge in [-0.3, -0.25) is 4.79 Å². The lowest BCUT2D eigenvalue weighted by Crippen LogP contribution is -2.53. The first-order valence-electron chi connectivity index (χ1n) is 6.59. The Labute approximate surface area is 112 Å². The molecule has 1 saturated carbocycles. The van der Waals surface area contributed by atoms with Gasteiger partial charge in [0.25, 0.3) is 0 Å². The van der Waals surface area contributed by atoms with Gasteiger partial charge in [0.2, 0.25) is 0 Å². The highest BCUT2D eigenvalue weighted by Gasteiger charge is 2.57. The van der Waals surface area contributed by atoms with Gasteiger partial charge in [-0.2, -0.15) is 0 Å². The molecule has 3 atom stereocenters. The van der Waals surface area contributed by atoms with Gasteiger partial charge in [-0.1, -0.05) is 13.8 Å². The van der Waals surface area contributed by atoms with E-state index in [9.17, 15) is 14.7 Å². The van der Waals surface area contributed by atoms with Crippen LogP contribution in [0, 0.1) is 0 Å². The van der Waals surface area contributed by atoms with Crippen LogP contribution in [0.15, 0.2) is 0 Å². The van der Waals surface area contributed by atoms with Crippen molar-refractivity contribution in [1.82, 2.24) is 0 Å². The monoisotopic (exact) mass is 272 g/mol. The second kappa shape index (κ2) is 4.85. The fourth-order valence-electron chi connectivity index (χ4n) is 2.82. The van der Waals surface area contributed by atoms with Crippen molar-refractivity contribution in [3.63, 3.8) is 0 Å². The molecule has 1 aliphatic carbocycles. The van der Waals surface area contributed by atoms with E-state index in [0.29, 0.717) is 12.8 Å². The molecule has 0 radical (unpaired) electrons. The summed E-state index contributed by atoms with van der Waals surface area (Å²) in [7, 11) is 1.19. The molecule has 0 aromatic carbocycles. The van der Waals surface area contributed by atoms with Crippen LogP contribution < -0.4 is 0 Å². The van der Waals surface area contributed by atoms with Crippen LogP contribution in [-0.2, 0) is 23.8 Å². The Morgan fingerprint density at radius 2 is 2.05 bits per heavy atom. The van der Waals surface area contributed by atoms with Gasteiger partial charge in [0.05, 0.1) is 13.2 Å². The molecule has 0 amide bonds. The van der Waals surface area contributed by atoms with Gasteiger partial charge in [0, 0.05) is 12.8 Å². The number of hydrogen-bond donors (Lipinski definition) is 1. The van der Waals surface area contributed by atoms with Gasteiger partial charge in [-0.25, -0.2) is 4.79 Å². The Morgan fingerprint density at radius 1 is 1.42 bits per heavy atom. The predicted molar refractivity (Wildman–Crippen MR) is 64.3 cm³/mol. The van der Waals surface area contributed by atoms with Crippen molar-refractivity contribution in [1.29, 1.82) is 0 Å². The minimum Gasteiger partial charge on any atom is -0.467 e. The van der Waals surface area contributed by atoms with Crippen LogP contribution in [0.25, 0.3) is 0 Å². The van der Waals surface area contributed by atoms with Crippen LogP contribution in [0.5, 0.6) is 0 Å². The number of methoxy groups -OCH3 is 1. The van der Waals surface area contributed by atoms with Gasteiger partial charge in [-0.15, -0.1) is 0 Å². The molecule has 108 valence electrons. The first kappa shape index (κ1) is 14.4. The van der Waals surface area contributed by atoms with Crippen LogP contribution in [0.1, 0.15) is 39.5 Å². The highest BCUT2D eigenvalue weighted by atomic mass is 16.8. The highest BCUT2D eigenvalue weighted by Crippen LogP contribution is 2.42. The summed E-state index contributed by atoms with van der Waals surface area (Å²) in [6.45, 7) is 3.83. The summed E-state index contributed by atoms with van der Waals surface area (Å²) in [4.78, 5) is 23.7. The molecule has 19 heavy (non-hydrogen) atoms. The summed E-state index contributed by atoms with van der Waals surface area (Å²) >= 11 is 0. The van der Waals surface area contributed by atoms with Gasteiger partial charge in [-0.05, 0) is 12.8 Å². The zero-order valence-corrected chi connectivity index (χ0v) is 11.5. The molecule has 2 rings (SSSR count). The number of carbonyl (C=O) groups is 2. The smallest absolute Gasteiger partial charge is 0.338 e. The van der Waals surface area contributed by atoms with Crippen molar-refractivity contribution >= 4 is 11.8 Å². The van der Waals surface area contributed by atoms with E-state index in [0.717, 1.165) is 0 Å². The van der Waals surface area contributed by atoms with E-state index >= 15 is 0 Å². The second-order valence-electron chi connectivity index (χ2n) is 5.18. The summed E-state index contributed by atoms with van der Waals surface area (Å²) < 4.78 is 16.1. The zero-order valence-electron chi connectivity index (χ0n) is 11.5. The van der Waals surface area contributed by atoms with Crippen LogP contribution in [0.3, 0.4) is 0 Å². The van der Waals surface area contributed by atoms with Crippen molar-refractivity contribution in [3.8, 4) is 0 Å². The minimum absolute atomic E-state index is 0.0256. The molecule has 1 aliphatic heterocycles. The van der Waals surface area contributed by atoms with E-state index in [4.69, 9.17) is 9.47 Å². The zero-order chi connectivity index (χ0) is 14.3. The van der Waals surface area contributed by atoms with Crippen LogP contribution in [0.2, 0.25) is 0 Å². The first-order valence-corrected chi connectivity index (χ1v) is 6.59. The van der Waals surface area contributed by atoms with Gasteiger partial charge < -0.3 is 19.3 Å². The third-order valence-electron chi connectivity index (χ3n) is 4.01.